The average Bonchev–Trinajstić information content (AvgIpc) is 3.79. The number of carboxylic acid groups (broad SMARTS) is 1. The van der Waals surface area contributed by atoms with Crippen LogP contribution in [0.25, 0.3) is 10.9 Å². The van der Waals surface area contributed by atoms with E-state index in [2.05, 4.69) is 21.3 Å². The van der Waals surface area contributed by atoms with E-state index in [0.717, 1.165) is 10.9 Å². The third-order valence-corrected chi connectivity index (χ3v) is 12.7. The third-order valence-electron chi connectivity index (χ3n) is 11.6. The monoisotopic (exact) mass is 874 g/mol. The highest BCUT2D eigenvalue weighted by Gasteiger charge is 2.53. The number of ether oxygens (including phenoxy) is 1. The van der Waals surface area contributed by atoms with Crippen LogP contribution in [0.3, 0.4) is 0 Å². The molecule has 2 aliphatic rings. The van der Waals surface area contributed by atoms with Crippen LogP contribution in [0, 0.1) is 11.2 Å². The standard InChI is InChI=1S/C43H51FN8O9S/c1-3-50-23-31(37(55)56)36(54)30-21-32(44)34(22-33(30)50)51-16-18-52(19-17-51)41(60)61-24-28-8-10-29(11-9-28)47-25-42(26-53,12-6-15-46-40(45)59)49-39(58)43(13-5-14-43)38(57)48-27(2)35-7-4-20-62-35/h4,7-11,20-23,26-27,47H,3,5-6,12-19,24-25H2,1-2H3,(H,48,57)(H,49,58)(H,55,56)(H3,45,46,59)/t27-,42+/m0/s1. The van der Waals surface area contributed by atoms with E-state index < -0.39 is 57.7 Å². The Hall–Kier alpha value is -6.50. The first kappa shape index (κ1) is 45.0. The van der Waals surface area contributed by atoms with E-state index in [-0.39, 0.29) is 69.4 Å². The molecule has 1 saturated heterocycles. The number of anilines is 2. The number of aryl methyl sites for hydroxylation is 1. The Morgan fingerprint density at radius 2 is 1.79 bits per heavy atom. The van der Waals surface area contributed by atoms with Crippen molar-refractivity contribution in [2.24, 2.45) is 11.1 Å². The second-order valence-electron chi connectivity index (χ2n) is 15.6. The van der Waals surface area contributed by atoms with Crippen molar-refractivity contribution in [3.63, 3.8) is 0 Å². The number of aromatic carboxylic acids is 1. The van der Waals surface area contributed by atoms with Crippen LogP contribution in [0.4, 0.5) is 25.4 Å². The molecule has 0 unspecified atom stereocenters. The molecule has 62 heavy (non-hydrogen) atoms. The second kappa shape index (κ2) is 19.5. The number of rotatable bonds is 18. The van der Waals surface area contributed by atoms with Gasteiger partial charge in [0.1, 0.15) is 35.2 Å². The van der Waals surface area contributed by atoms with Crippen molar-refractivity contribution in [2.75, 3.05) is 49.5 Å². The van der Waals surface area contributed by atoms with Crippen LogP contribution in [0.15, 0.2) is 64.9 Å². The van der Waals surface area contributed by atoms with Crippen molar-refractivity contribution >= 4 is 69.8 Å². The molecule has 6 rings (SSSR count). The number of hydrogen-bond acceptors (Lipinski definition) is 11. The molecule has 3 heterocycles. The Labute approximate surface area is 360 Å². The van der Waals surface area contributed by atoms with Crippen molar-refractivity contribution in [1.82, 2.24) is 25.4 Å². The predicted octanol–water partition coefficient (Wildman–Crippen LogP) is 4.34. The molecule has 17 nitrogen and oxygen atoms in total. The maximum absolute atomic E-state index is 15.4. The smallest absolute Gasteiger partial charge is 0.410 e. The highest BCUT2D eigenvalue weighted by molar-refractivity contribution is 7.10. The summed E-state index contributed by atoms with van der Waals surface area (Å²) in [7, 11) is 0. The van der Waals surface area contributed by atoms with Gasteiger partial charge in [-0.2, -0.15) is 0 Å². The van der Waals surface area contributed by atoms with Gasteiger partial charge in [-0.25, -0.2) is 18.8 Å². The molecule has 1 saturated carbocycles. The molecule has 4 aromatic rings. The lowest BCUT2D eigenvalue weighted by Gasteiger charge is -2.42. The molecular formula is C43H51FN8O9S. The summed E-state index contributed by atoms with van der Waals surface area (Å²) < 4.78 is 22.5. The molecule has 2 fully saturated rings. The quantitative estimate of drug-likeness (QED) is 0.0468. The SMILES string of the molecule is CCn1cc(C(=O)O)c(=O)c2cc(F)c(N3CCN(C(=O)OCc4ccc(NC[C@@](C=O)(CCCNC(N)=O)NC(=O)C5(C(=O)N[C@@H](C)c6cccs6)CCC5)cc4)CC3)cc21. The van der Waals surface area contributed by atoms with Crippen LogP contribution in [0.5, 0.6) is 0 Å². The first-order valence-electron chi connectivity index (χ1n) is 20.4. The Kier molecular flexibility index (Phi) is 14.1. The summed E-state index contributed by atoms with van der Waals surface area (Å²) in [5, 5.41) is 22.9. The average molecular weight is 875 g/mol. The zero-order chi connectivity index (χ0) is 44.6. The first-order valence-corrected chi connectivity index (χ1v) is 21.3. The number of carbonyl (C=O) groups is 6. The number of nitrogens with zero attached hydrogens (tertiary/aromatic N) is 3. The number of amides is 5. The number of carboxylic acids is 1. The number of aldehydes is 1. The van der Waals surface area contributed by atoms with Crippen LogP contribution in [-0.2, 0) is 32.3 Å². The van der Waals surface area contributed by atoms with Gasteiger partial charge in [-0.3, -0.25) is 14.4 Å². The summed E-state index contributed by atoms with van der Waals surface area (Å²) in [5.41, 5.74) is 3.19. The molecule has 0 radical (unpaired) electrons. The van der Waals surface area contributed by atoms with Crippen molar-refractivity contribution in [1.29, 1.82) is 0 Å². The number of pyridine rings is 1. The van der Waals surface area contributed by atoms with Gasteiger partial charge in [0, 0.05) is 68.0 Å². The Morgan fingerprint density at radius 3 is 2.39 bits per heavy atom. The van der Waals surface area contributed by atoms with Crippen LogP contribution in [0.1, 0.15) is 72.8 Å². The molecule has 330 valence electrons. The number of hydrogen-bond donors (Lipinski definition) is 6. The number of carbonyl (C=O) groups excluding carboxylic acids is 5. The van der Waals surface area contributed by atoms with Gasteiger partial charge in [-0.15, -0.1) is 11.3 Å². The molecule has 2 aromatic carbocycles. The number of fused-ring (bicyclic) bond motifs is 1. The number of nitrogens with two attached hydrogens (primary N) is 1. The van der Waals surface area contributed by atoms with Gasteiger partial charge in [0.25, 0.3) is 0 Å². The van der Waals surface area contributed by atoms with Crippen LogP contribution in [-0.4, -0.2) is 95.6 Å². The van der Waals surface area contributed by atoms with E-state index >= 15 is 4.39 Å². The van der Waals surface area contributed by atoms with Gasteiger partial charge < -0.3 is 56.0 Å². The summed E-state index contributed by atoms with van der Waals surface area (Å²) in [6.07, 6.45) is 3.15. The number of halogens is 1. The van der Waals surface area contributed by atoms with Gasteiger partial charge >= 0.3 is 18.1 Å². The molecule has 0 bridgehead atoms. The van der Waals surface area contributed by atoms with E-state index in [0.29, 0.717) is 55.3 Å². The third kappa shape index (κ3) is 9.99. The van der Waals surface area contributed by atoms with Gasteiger partial charge in [0.2, 0.25) is 17.2 Å². The molecule has 0 spiro atoms. The summed E-state index contributed by atoms with van der Waals surface area (Å²) in [6.45, 7) is 5.15. The highest BCUT2D eigenvalue weighted by atomic mass is 32.1. The number of nitrogens with one attached hydrogen (secondary N) is 4. The molecular weight excluding hydrogens is 824 g/mol. The zero-order valence-electron chi connectivity index (χ0n) is 34.5. The van der Waals surface area contributed by atoms with Gasteiger partial charge in [-0.05, 0) is 80.8 Å². The van der Waals surface area contributed by atoms with Crippen molar-refractivity contribution in [3.8, 4) is 0 Å². The lowest BCUT2D eigenvalue weighted by Crippen LogP contribution is -2.63. The minimum Gasteiger partial charge on any atom is -0.477 e. The van der Waals surface area contributed by atoms with Crippen molar-refractivity contribution in [3.05, 3.63) is 92.2 Å². The Balaban J connectivity index is 1.04. The Bertz CT molecular complexity index is 2360. The Morgan fingerprint density at radius 1 is 1.06 bits per heavy atom. The van der Waals surface area contributed by atoms with E-state index in [1.807, 2.05) is 24.4 Å². The van der Waals surface area contributed by atoms with Gasteiger partial charge in [0.15, 0.2) is 0 Å². The number of thiophene rings is 1. The fraction of sp³-hybridized carbons (Fsp3) is 0.419. The predicted molar refractivity (Wildman–Crippen MR) is 231 cm³/mol. The van der Waals surface area contributed by atoms with Gasteiger partial charge in [0.05, 0.1) is 17.2 Å². The lowest BCUT2D eigenvalue weighted by atomic mass is 9.66. The van der Waals surface area contributed by atoms with E-state index in [1.165, 1.54) is 28.5 Å². The minimum atomic E-state index is -1.44. The lowest BCUT2D eigenvalue weighted by molar-refractivity contribution is -0.152. The molecule has 19 heteroatoms. The maximum Gasteiger partial charge on any atom is 0.410 e. The molecule has 1 aliphatic carbocycles. The topological polar surface area (TPSA) is 234 Å². The number of piperazine rings is 1. The second-order valence-corrected chi connectivity index (χ2v) is 16.6. The fourth-order valence-corrected chi connectivity index (χ4v) is 8.45. The van der Waals surface area contributed by atoms with Crippen LogP contribution in [0.2, 0.25) is 0 Å². The molecule has 2 aromatic heterocycles. The van der Waals surface area contributed by atoms with E-state index in [9.17, 15) is 38.7 Å². The van der Waals surface area contributed by atoms with Crippen molar-refractivity contribution in [2.45, 2.75) is 70.7 Å². The number of aromatic nitrogens is 1. The van der Waals surface area contributed by atoms with Gasteiger partial charge in [-0.1, -0.05) is 24.6 Å². The fourth-order valence-electron chi connectivity index (χ4n) is 7.72. The van der Waals surface area contributed by atoms with Crippen LogP contribution < -0.4 is 37.3 Å². The van der Waals surface area contributed by atoms with Crippen LogP contribution >= 0.6 is 11.3 Å². The summed E-state index contributed by atoms with van der Waals surface area (Å²) in [4.78, 5) is 93.3. The molecule has 1 aliphatic heterocycles. The highest BCUT2D eigenvalue weighted by Crippen LogP contribution is 2.42. The molecule has 2 atom stereocenters. The van der Waals surface area contributed by atoms with E-state index in [4.69, 9.17) is 10.5 Å². The zero-order valence-corrected chi connectivity index (χ0v) is 35.4. The number of benzene rings is 2. The van der Waals surface area contributed by atoms with Crippen molar-refractivity contribution < 1.29 is 43.0 Å². The molecule has 5 amide bonds. The largest absolute Gasteiger partial charge is 0.477 e. The summed E-state index contributed by atoms with van der Waals surface area (Å²) >= 11 is 1.50. The normalized spacial score (nSPS) is 16.0. The van der Waals surface area contributed by atoms with E-state index in [1.54, 1.807) is 40.7 Å². The molecule has 7 N–H and O–H groups in total. The minimum absolute atomic E-state index is 0.0248. The summed E-state index contributed by atoms with van der Waals surface area (Å²) in [6, 6.07) is 12.3. The number of urea groups is 1. The number of primary amides is 1. The maximum atomic E-state index is 15.4. The first-order chi connectivity index (χ1) is 29.7. The summed E-state index contributed by atoms with van der Waals surface area (Å²) in [5.74, 6) is -3.00.